The van der Waals surface area contributed by atoms with E-state index in [9.17, 15) is 10.1 Å². The number of nitrogens with two attached hydrogens (primary N) is 1. The van der Waals surface area contributed by atoms with Crippen molar-refractivity contribution in [2.24, 2.45) is 5.73 Å². The minimum atomic E-state index is -0.552. The Bertz CT molecular complexity index is 1060. The fourth-order valence-corrected chi connectivity index (χ4v) is 4.44. The Balaban J connectivity index is 1.87. The van der Waals surface area contributed by atoms with Crippen LogP contribution in [0.4, 0.5) is 0 Å². The molecule has 0 unspecified atom stereocenters. The molecule has 4 rings (SSSR count). The minimum Gasteiger partial charge on any atom is -0.440 e. The van der Waals surface area contributed by atoms with Crippen LogP contribution in [0.25, 0.3) is 0 Å². The van der Waals surface area contributed by atoms with Crippen molar-refractivity contribution in [2.45, 2.75) is 43.2 Å². The third-order valence-corrected chi connectivity index (χ3v) is 6.29. The summed E-state index contributed by atoms with van der Waals surface area (Å²) in [5, 5.41) is 9.76. The van der Waals surface area contributed by atoms with Gasteiger partial charge in [0.1, 0.15) is 17.4 Å². The maximum atomic E-state index is 13.5. The Labute approximate surface area is 173 Å². The first kappa shape index (κ1) is 19.6. The SMILES string of the molecule is CSc1ccc([C@@H]2C(C#N)=C(N)Oc3cc(C)n(C[C@H]4CCCO4)c(=O)c32)cc1. The van der Waals surface area contributed by atoms with E-state index >= 15 is 0 Å². The molecule has 0 spiro atoms. The largest absolute Gasteiger partial charge is 0.440 e. The van der Waals surface area contributed by atoms with Gasteiger partial charge in [0.2, 0.25) is 5.88 Å². The van der Waals surface area contributed by atoms with Crippen molar-refractivity contribution < 1.29 is 9.47 Å². The fraction of sp³-hybridized carbons (Fsp3) is 0.364. The van der Waals surface area contributed by atoms with Gasteiger partial charge in [0.05, 0.1) is 24.1 Å². The number of benzene rings is 1. The van der Waals surface area contributed by atoms with Crippen LogP contribution in [0.3, 0.4) is 0 Å². The molecule has 3 heterocycles. The third kappa shape index (κ3) is 3.54. The van der Waals surface area contributed by atoms with E-state index in [4.69, 9.17) is 15.2 Å². The van der Waals surface area contributed by atoms with Crippen molar-refractivity contribution >= 4 is 11.8 Å². The van der Waals surface area contributed by atoms with Gasteiger partial charge < -0.3 is 19.8 Å². The molecule has 0 amide bonds. The average Bonchev–Trinajstić information content (AvgIpc) is 3.23. The monoisotopic (exact) mass is 409 g/mol. The quantitative estimate of drug-likeness (QED) is 0.780. The Morgan fingerprint density at radius 2 is 2.10 bits per heavy atom. The molecule has 0 aliphatic carbocycles. The summed E-state index contributed by atoms with van der Waals surface area (Å²) >= 11 is 1.64. The second-order valence-electron chi connectivity index (χ2n) is 7.31. The molecule has 0 radical (unpaired) electrons. The van der Waals surface area contributed by atoms with Crippen LogP contribution >= 0.6 is 11.8 Å². The lowest BCUT2D eigenvalue weighted by Crippen LogP contribution is -2.35. The highest BCUT2D eigenvalue weighted by molar-refractivity contribution is 7.98. The van der Waals surface area contributed by atoms with Gasteiger partial charge in [-0.15, -0.1) is 11.8 Å². The van der Waals surface area contributed by atoms with Crippen LogP contribution in [0.2, 0.25) is 0 Å². The number of pyridine rings is 1. The molecule has 0 saturated carbocycles. The van der Waals surface area contributed by atoms with Crippen molar-refractivity contribution in [2.75, 3.05) is 12.9 Å². The van der Waals surface area contributed by atoms with E-state index in [1.807, 2.05) is 43.5 Å². The Hall–Kier alpha value is -2.69. The molecule has 1 aromatic heterocycles. The molecule has 1 saturated heterocycles. The number of fused-ring (bicyclic) bond motifs is 1. The highest BCUT2D eigenvalue weighted by Gasteiger charge is 2.34. The van der Waals surface area contributed by atoms with Crippen molar-refractivity contribution in [3.05, 3.63) is 69.0 Å². The Morgan fingerprint density at radius 3 is 2.72 bits per heavy atom. The summed E-state index contributed by atoms with van der Waals surface area (Å²) in [6.45, 7) is 3.11. The first-order chi connectivity index (χ1) is 14.0. The molecule has 150 valence electrons. The van der Waals surface area contributed by atoms with Crippen LogP contribution in [0.5, 0.6) is 5.75 Å². The minimum absolute atomic E-state index is 0.0318. The molecule has 1 aromatic carbocycles. The van der Waals surface area contributed by atoms with Crippen LogP contribution < -0.4 is 16.0 Å². The van der Waals surface area contributed by atoms with Gasteiger partial charge in [-0.3, -0.25) is 4.79 Å². The molecule has 7 heteroatoms. The molecule has 2 aliphatic rings. The molecule has 6 nitrogen and oxygen atoms in total. The predicted molar refractivity (Wildman–Crippen MR) is 112 cm³/mol. The number of aromatic nitrogens is 1. The highest BCUT2D eigenvalue weighted by atomic mass is 32.2. The first-order valence-electron chi connectivity index (χ1n) is 9.61. The summed E-state index contributed by atoms with van der Waals surface area (Å²) in [5.41, 5.74) is 8.25. The van der Waals surface area contributed by atoms with Gasteiger partial charge >= 0.3 is 0 Å². The topological polar surface area (TPSA) is 90.3 Å². The molecule has 1 fully saturated rings. The van der Waals surface area contributed by atoms with Gasteiger partial charge in [-0.05, 0) is 43.7 Å². The fourth-order valence-electron chi connectivity index (χ4n) is 4.03. The zero-order valence-electron chi connectivity index (χ0n) is 16.5. The summed E-state index contributed by atoms with van der Waals surface area (Å²) in [7, 11) is 0. The van der Waals surface area contributed by atoms with Crippen molar-refractivity contribution in [1.82, 2.24) is 4.57 Å². The van der Waals surface area contributed by atoms with Crippen molar-refractivity contribution in [3.63, 3.8) is 0 Å². The zero-order valence-corrected chi connectivity index (χ0v) is 17.3. The molecular formula is C22H23N3O3S. The number of nitrogens with zero attached hydrogens (tertiary/aromatic N) is 2. The van der Waals surface area contributed by atoms with E-state index < -0.39 is 5.92 Å². The van der Waals surface area contributed by atoms with E-state index in [-0.39, 0.29) is 23.1 Å². The van der Waals surface area contributed by atoms with Gasteiger partial charge in [0, 0.05) is 23.3 Å². The molecule has 2 atom stereocenters. The number of hydrogen-bond donors (Lipinski definition) is 1. The summed E-state index contributed by atoms with van der Waals surface area (Å²) in [5.74, 6) is -0.0790. The summed E-state index contributed by atoms with van der Waals surface area (Å²) in [6.07, 6.45) is 3.98. The van der Waals surface area contributed by atoms with E-state index in [1.54, 1.807) is 16.3 Å². The van der Waals surface area contributed by atoms with Crippen LogP contribution in [0.1, 0.15) is 35.6 Å². The van der Waals surface area contributed by atoms with Gasteiger partial charge in [-0.2, -0.15) is 5.26 Å². The number of ether oxygens (including phenoxy) is 2. The van der Waals surface area contributed by atoms with Gasteiger partial charge in [-0.25, -0.2) is 0 Å². The van der Waals surface area contributed by atoms with Crippen LogP contribution in [0.15, 0.2) is 51.5 Å². The number of rotatable bonds is 4. The Morgan fingerprint density at radius 1 is 1.34 bits per heavy atom. The first-order valence-corrected chi connectivity index (χ1v) is 10.8. The number of thioether (sulfide) groups is 1. The lowest BCUT2D eigenvalue weighted by Gasteiger charge is -2.28. The van der Waals surface area contributed by atoms with Crippen molar-refractivity contribution in [1.29, 1.82) is 5.26 Å². The summed E-state index contributed by atoms with van der Waals surface area (Å²) in [4.78, 5) is 14.7. The van der Waals surface area contributed by atoms with Crippen LogP contribution in [0, 0.1) is 18.3 Å². The third-order valence-electron chi connectivity index (χ3n) is 5.55. The number of aryl methyl sites for hydroxylation is 1. The van der Waals surface area contributed by atoms with Crippen molar-refractivity contribution in [3.8, 4) is 11.8 Å². The van der Waals surface area contributed by atoms with E-state index in [0.717, 1.165) is 35.6 Å². The number of hydrogen-bond acceptors (Lipinski definition) is 6. The smallest absolute Gasteiger partial charge is 0.258 e. The average molecular weight is 410 g/mol. The number of nitriles is 1. The molecular weight excluding hydrogens is 386 g/mol. The second kappa shape index (κ2) is 7.97. The van der Waals surface area contributed by atoms with Gasteiger partial charge in [0.15, 0.2) is 0 Å². The lowest BCUT2D eigenvalue weighted by atomic mass is 9.84. The molecule has 2 N–H and O–H groups in total. The lowest BCUT2D eigenvalue weighted by molar-refractivity contribution is 0.0955. The summed E-state index contributed by atoms with van der Waals surface area (Å²) < 4.78 is 13.2. The molecule has 2 aliphatic heterocycles. The normalized spacial score (nSPS) is 20.9. The van der Waals surface area contributed by atoms with Gasteiger partial charge in [0.25, 0.3) is 5.56 Å². The molecule has 29 heavy (non-hydrogen) atoms. The molecule has 0 bridgehead atoms. The summed E-state index contributed by atoms with van der Waals surface area (Å²) in [6, 6.07) is 11.8. The maximum absolute atomic E-state index is 13.5. The predicted octanol–water partition coefficient (Wildman–Crippen LogP) is 3.28. The zero-order chi connectivity index (χ0) is 20.5. The van der Waals surface area contributed by atoms with E-state index in [1.165, 1.54) is 0 Å². The standard InChI is InChI=1S/C22H23N3O3S/c1-13-10-18-20(22(26)25(13)12-15-4-3-9-27-15)19(17(11-23)21(24)28-18)14-5-7-16(29-2)8-6-14/h5-8,10,15,19H,3-4,9,12,24H2,1-2H3/t15-,19-/m1/s1. The van der Waals surface area contributed by atoms with Crippen LogP contribution in [-0.4, -0.2) is 23.5 Å². The van der Waals surface area contributed by atoms with Crippen LogP contribution in [-0.2, 0) is 11.3 Å². The Kier molecular flexibility index (Phi) is 5.39. The van der Waals surface area contributed by atoms with Gasteiger partial charge in [-0.1, -0.05) is 12.1 Å². The number of allylic oxidation sites excluding steroid dienone is 1. The second-order valence-corrected chi connectivity index (χ2v) is 8.19. The maximum Gasteiger partial charge on any atom is 0.258 e. The highest BCUT2D eigenvalue weighted by Crippen LogP contribution is 2.40. The van der Waals surface area contributed by atoms with E-state index in [0.29, 0.717) is 17.9 Å². The molecule has 2 aromatic rings. The van der Waals surface area contributed by atoms with E-state index in [2.05, 4.69) is 6.07 Å².